The molecule has 2 aromatic rings. The van der Waals surface area contributed by atoms with Crippen molar-refractivity contribution >= 4 is 11.6 Å². The van der Waals surface area contributed by atoms with Crippen LogP contribution in [-0.2, 0) is 0 Å². The molecule has 1 aliphatic rings. The van der Waals surface area contributed by atoms with Gasteiger partial charge in [0.1, 0.15) is 5.75 Å². The van der Waals surface area contributed by atoms with E-state index in [4.69, 9.17) is 4.74 Å². The molecule has 1 atom stereocenters. The molecule has 20 heavy (non-hydrogen) atoms. The van der Waals surface area contributed by atoms with Crippen LogP contribution in [0.5, 0.6) is 5.75 Å². The van der Waals surface area contributed by atoms with Crippen molar-refractivity contribution < 1.29 is 14.6 Å². The highest BCUT2D eigenvalue weighted by Gasteiger charge is 2.36. The predicted octanol–water partition coefficient (Wildman–Crippen LogP) is 2.65. The van der Waals surface area contributed by atoms with Crippen LogP contribution in [0.2, 0.25) is 0 Å². The zero-order valence-electron chi connectivity index (χ0n) is 11.3. The minimum absolute atomic E-state index is 0.190. The summed E-state index contributed by atoms with van der Waals surface area (Å²) in [6, 6.07) is 12.6. The molecule has 0 radical (unpaired) electrons. The molecular weight excluding hydrogens is 254 g/mol. The third kappa shape index (κ3) is 1.77. The third-order valence-corrected chi connectivity index (χ3v) is 3.61. The fraction of sp³-hybridized carbons (Fsp3) is 0.188. The average molecular weight is 269 g/mol. The highest BCUT2D eigenvalue weighted by atomic mass is 16.5. The maximum Gasteiger partial charge on any atom is 0.261 e. The molecule has 0 bridgehead atoms. The second-order valence-corrected chi connectivity index (χ2v) is 4.79. The lowest BCUT2D eigenvalue weighted by molar-refractivity contribution is 0.0935. The topological polar surface area (TPSA) is 49.8 Å². The monoisotopic (exact) mass is 269 g/mol. The molecule has 0 saturated heterocycles. The van der Waals surface area contributed by atoms with Gasteiger partial charge in [0, 0.05) is 17.2 Å². The summed E-state index contributed by atoms with van der Waals surface area (Å²) < 4.78 is 5.20. The minimum Gasteiger partial charge on any atom is -0.497 e. The summed E-state index contributed by atoms with van der Waals surface area (Å²) in [5.41, 5.74) is 2.76. The van der Waals surface area contributed by atoms with Gasteiger partial charge in [-0.15, -0.1) is 0 Å². The lowest BCUT2D eigenvalue weighted by Crippen LogP contribution is -2.28. The van der Waals surface area contributed by atoms with Crippen LogP contribution in [0.25, 0.3) is 0 Å². The normalized spacial score (nSPS) is 17.2. The zero-order chi connectivity index (χ0) is 14.3. The number of carbonyl (C=O) groups is 1. The van der Waals surface area contributed by atoms with Crippen molar-refractivity contribution in [2.75, 3.05) is 12.0 Å². The van der Waals surface area contributed by atoms with Crippen LogP contribution in [0.3, 0.4) is 0 Å². The summed E-state index contributed by atoms with van der Waals surface area (Å²) in [5.74, 6) is 0.464. The number of methoxy groups -OCH3 is 1. The van der Waals surface area contributed by atoms with Gasteiger partial charge in [0.2, 0.25) is 0 Å². The maximum atomic E-state index is 12.5. The molecule has 102 valence electrons. The first-order valence-corrected chi connectivity index (χ1v) is 6.38. The number of carbonyl (C=O) groups excluding carboxylic acids is 1. The molecule has 0 aromatic heterocycles. The van der Waals surface area contributed by atoms with E-state index in [0.717, 1.165) is 5.56 Å². The van der Waals surface area contributed by atoms with E-state index in [-0.39, 0.29) is 5.91 Å². The first kappa shape index (κ1) is 12.7. The van der Waals surface area contributed by atoms with E-state index in [1.807, 2.05) is 25.1 Å². The number of rotatable bonds is 2. The average Bonchev–Trinajstić information content (AvgIpc) is 2.72. The third-order valence-electron chi connectivity index (χ3n) is 3.61. The largest absolute Gasteiger partial charge is 0.497 e. The van der Waals surface area contributed by atoms with Crippen LogP contribution in [0.4, 0.5) is 5.69 Å². The molecule has 4 heteroatoms. The Kier molecular flexibility index (Phi) is 2.95. The fourth-order valence-electron chi connectivity index (χ4n) is 2.51. The fourth-order valence-corrected chi connectivity index (χ4v) is 2.51. The van der Waals surface area contributed by atoms with Crippen molar-refractivity contribution in [3.63, 3.8) is 0 Å². The lowest BCUT2D eigenvalue weighted by Gasteiger charge is -2.23. The van der Waals surface area contributed by atoms with E-state index in [2.05, 4.69) is 0 Å². The number of amides is 1. The summed E-state index contributed by atoms with van der Waals surface area (Å²) in [6.07, 6.45) is -0.954. The van der Waals surface area contributed by atoms with Crippen LogP contribution in [0.15, 0.2) is 42.5 Å². The highest BCUT2D eigenvalue weighted by molar-refractivity contribution is 6.11. The number of ether oxygens (including phenoxy) is 1. The standard InChI is InChI=1S/C16H15NO3/c1-10-7-8-11(20-2)9-14(10)17-15(18)12-5-3-4-6-13(12)16(17)19/h3-9,15,18H,1-2H3. The van der Waals surface area contributed by atoms with E-state index in [1.54, 1.807) is 31.4 Å². The lowest BCUT2D eigenvalue weighted by atomic mass is 10.1. The minimum atomic E-state index is -0.954. The number of aliphatic hydroxyl groups is 1. The van der Waals surface area contributed by atoms with Crippen molar-refractivity contribution in [2.45, 2.75) is 13.2 Å². The van der Waals surface area contributed by atoms with E-state index >= 15 is 0 Å². The van der Waals surface area contributed by atoms with Crippen LogP contribution < -0.4 is 9.64 Å². The van der Waals surface area contributed by atoms with Crippen molar-refractivity contribution in [2.24, 2.45) is 0 Å². The second-order valence-electron chi connectivity index (χ2n) is 4.79. The Labute approximate surface area is 117 Å². The number of fused-ring (bicyclic) bond motifs is 1. The highest BCUT2D eigenvalue weighted by Crippen LogP contribution is 2.38. The number of hydrogen-bond donors (Lipinski definition) is 1. The molecule has 1 unspecified atom stereocenters. The SMILES string of the molecule is COc1ccc(C)c(N2C(=O)c3ccccc3C2O)c1. The van der Waals surface area contributed by atoms with Gasteiger partial charge in [0.15, 0.2) is 6.23 Å². The van der Waals surface area contributed by atoms with Crippen molar-refractivity contribution in [3.8, 4) is 5.75 Å². The number of benzene rings is 2. The summed E-state index contributed by atoms with van der Waals surface area (Å²) in [4.78, 5) is 13.9. The second kappa shape index (κ2) is 4.65. The quantitative estimate of drug-likeness (QED) is 0.911. The molecule has 0 aliphatic carbocycles. The Hall–Kier alpha value is -2.33. The molecular formula is C16H15NO3. The van der Waals surface area contributed by atoms with E-state index in [9.17, 15) is 9.90 Å². The summed E-state index contributed by atoms with van der Waals surface area (Å²) in [7, 11) is 1.57. The van der Waals surface area contributed by atoms with Crippen LogP contribution in [0, 0.1) is 6.92 Å². The molecule has 0 spiro atoms. The summed E-state index contributed by atoms with van der Waals surface area (Å²) in [6.45, 7) is 1.90. The molecule has 1 aliphatic heterocycles. The van der Waals surface area contributed by atoms with Gasteiger partial charge in [-0.25, -0.2) is 0 Å². The Morgan fingerprint density at radius 2 is 1.95 bits per heavy atom. The Bertz CT molecular complexity index is 681. The maximum absolute atomic E-state index is 12.5. The first-order chi connectivity index (χ1) is 9.63. The van der Waals surface area contributed by atoms with Gasteiger partial charge < -0.3 is 9.84 Å². The smallest absolute Gasteiger partial charge is 0.261 e. The van der Waals surface area contributed by atoms with Gasteiger partial charge in [-0.3, -0.25) is 9.69 Å². The van der Waals surface area contributed by atoms with Crippen LogP contribution in [0.1, 0.15) is 27.7 Å². The molecule has 1 amide bonds. The molecule has 1 heterocycles. The number of hydrogen-bond acceptors (Lipinski definition) is 3. The van der Waals surface area contributed by atoms with Gasteiger partial charge >= 0.3 is 0 Å². The number of nitrogens with zero attached hydrogens (tertiary/aromatic N) is 1. The van der Waals surface area contributed by atoms with Crippen molar-refractivity contribution in [1.29, 1.82) is 0 Å². The zero-order valence-corrected chi connectivity index (χ0v) is 11.3. The summed E-state index contributed by atoms with van der Waals surface area (Å²) in [5, 5.41) is 10.4. The van der Waals surface area contributed by atoms with E-state index < -0.39 is 6.23 Å². The molecule has 0 saturated carbocycles. The molecule has 1 N–H and O–H groups in total. The molecule has 4 nitrogen and oxygen atoms in total. The van der Waals surface area contributed by atoms with Gasteiger partial charge in [0.05, 0.1) is 12.8 Å². The van der Waals surface area contributed by atoms with Gasteiger partial charge in [-0.1, -0.05) is 24.3 Å². The Balaban J connectivity index is 2.11. The van der Waals surface area contributed by atoms with E-state index in [1.165, 1.54) is 4.90 Å². The van der Waals surface area contributed by atoms with E-state index in [0.29, 0.717) is 22.6 Å². The molecule has 0 fully saturated rings. The van der Waals surface area contributed by atoms with Crippen LogP contribution >= 0.6 is 0 Å². The number of aryl methyl sites for hydroxylation is 1. The number of aliphatic hydroxyl groups excluding tert-OH is 1. The summed E-state index contributed by atoms with van der Waals surface area (Å²) >= 11 is 0. The van der Waals surface area contributed by atoms with Gasteiger partial charge in [-0.2, -0.15) is 0 Å². The van der Waals surface area contributed by atoms with Crippen LogP contribution in [-0.4, -0.2) is 18.1 Å². The molecule has 2 aromatic carbocycles. The Morgan fingerprint density at radius 1 is 1.20 bits per heavy atom. The van der Waals surface area contributed by atoms with Crippen molar-refractivity contribution in [1.82, 2.24) is 0 Å². The number of anilines is 1. The molecule has 3 rings (SSSR count). The predicted molar refractivity (Wildman–Crippen MR) is 75.9 cm³/mol. The van der Waals surface area contributed by atoms with Gasteiger partial charge in [-0.05, 0) is 24.6 Å². The first-order valence-electron chi connectivity index (χ1n) is 6.38. The van der Waals surface area contributed by atoms with Crippen molar-refractivity contribution in [3.05, 3.63) is 59.2 Å². The Morgan fingerprint density at radius 3 is 2.65 bits per heavy atom. The van der Waals surface area contributed by atoms with Gasteiger partial charge in [0.25, 0.3) is 5.91 Å².